The molecule has 3 heteroatoms. The number of hydrogen-bond acceptors (Lipinski definition) is 3. The standard InChI is InChI=1S/C13H27NO2/c1-9(2)10-4-6-13(3,8-11(10)16)12(14)5-7-15/h9-12,15-16H,4-8,14H2,1-3H3/t10-,11+,12?,13+/m0/s1. The molecule has 0 bridgehead atoms. The summed E-state index contributed by atoms with van der Waals surface area (Å²) in [5, 5.41) is 19.1. The quantitative estimate of drug-likeness (QED) is 0.684. The van der Waals surface area contributed by atoms with Gasteiger partial charge in [0.25, 0.3) is 0 Å². The number of nitrogens with two attached hydrogens (primary N) is 1. The Labute approximate surface area is 99.0 Å². The predicted molar refractivity (Wildman–Crippen MR) is 66.0 cm³/mol. The summed E-state index contributed by atoms with van der Waals surface area (Å²) in [5.41, 5.74) is 6.10. The molecule has 0 aromatic rings. The fraction of sp³-hybridized carbons (Fsp3) is 1.00. The molecule has 0 aliphatic heterocycles. The maximum atomic E-state index is 10.2. The molecule has 0 radical (unpaired) electrons. The van der Waals surface area contributed by atoms with Crippen LogP contribution in [0.3, 0.4) is 0 Å². The maximum absolute atomic E-state index is 10.2. The van der Waals surface area contributed by atoms with Crippen molar-refractivity contribution >= 4 is 0 Å². The van der Waals surface area contributed by atoms with Crippen molar-refractivity contribution in [2.75, 3.05) is 6.61 Å². The highest BCUT2D eigenvalue weighted by molar-refractivity contribution is 4.94. The summed E-state index contributed by atoms with van der Waals surface area (Å²) in [6.07, 6.45) is 3.29. The number of aliphatic hydroxyl groups excluding tert-OH is 2. The molecule has 1 aliphatic carbocycles. The highest BCUT2D eigenvalue weighted by Crippen LogP contribution is 2.43. The second kappa shape index (κ2) is 5.48. The minimum atomic E-state index is -0.233. The normalized spacial score (nSPS) is 37.7. The second-order valence-electron chi connectivity index (χ2n) is 5.99. The zero-order chi connectivity index (χ0) is 12.3. The van der Waals surface area contributed by atoms with E-state index in [1.807, 2.05) is 0 Å². The summed E-state index contributed by atoms with van der Waals surface area (Å²) >= 11 is 0. The predicted octanol–water partition coefficient (Wildman–Crippen LogP) is 1.52. The van der Waals surface area contributed by atoms with E-state index in [0.29, 0.717) is 18.3 Å². The Morgan fingerprint density at radius 2 is 2.06 bits per heavy atom. The molecule has 16 heavy (non-hydrogen) atoms. The molecule has 1 unspecified atom stereocenters. The van der Waals surface area contributed by atoms with Crippen LogP contribution in [0.25, 0.3) is 0 Å². The van der Waals surface area contributed by atoms with E-state index in [9.17, 15) is 5.11 Å². The first kappa shape index (κ1) is 13.9. The molecule has 96 valence electrons. The van der Waals surface area contributed by atoms with E-state index in [1.165, 1.54) is 0 Å². The molecule has 1 saturated carbocycles. The van der Waals surface area contributed by atoms with E-state index < -0.39 is 0 Å². The van der Waals surface area contributed by atoms with Gasteiger partial charge in [0.1, 0.15) is 0 Å². The summed E-state index contributed by atoms with van der Waals surface area (Å²) in [5.74, 6) is 0.947. The zero-order valence-electron chi connectivity index (χ0n) is 10.8. The highest BCUT2D eigenvalue weighted by Gasteiger charge is 2.41. The van der Waals surface area contributed by atoms with E-state index in [4.69, 9.17) is 10.8 Å². The van der Waals surface area contributed by atoms with E-state index in [0.717, 1.165) is 19.3 Å². The Morgan fingerprint density at radius 3 is 2.50 bits per heavy atom. The monoisotopic (exact) mass is 229 g/mol. The second-order valence-corrected chi connectivity index (χ2v) is 5.99. The average Bonchev–Trinajstić information content (AvgIpc) is 2.17. The van der Waals surface area contributed by atoms with Crippen LogP contribution in [0.2, 0.25) is 0 Å². The third-order valence-corrected chi connectivity index (χ3v) is 4.41. The van der Waals surface area contributed by atoms with Crippen LogP contribution in [0, 0.1) is 17.3 Å². The van der Waals surface area contributed by atoms with Crippen LogP contribution >= 0.6 is 0 Å². The summed E-state index contributed by atoms with van der Waals surface area (Å²) in [6, 6.07) is 0.000243. The Kier molecular flexibility index (Phi) is 4.77. The van der Waals surface area contributed by atoms with E-state index in [2.05, 4.69) is 20.8 Å². The van der Waals surface area contributed by atoms with Gasteiger partial charge in [0.2, 0.25) is 0 Å². The lowest BCUT2D eigenvalue weighted by Crippen LogP contribution is -2.47. The number of hydrogen-bond donors (Lipinski definition) is 3. The molecule has 0 heterocycles. The third-order valence-electron chi connectivity index (χ3n) is 4.41. The van der Waals surface area contributed by atoms with Crippen LogP contribution in [-0.2, 0) is 0 Å². The molecule has 3 nitrogen and oxygen atoms in total. The smallest absolute Gasteiger partial charge is 0.0576 e. The summed E-state index contributed by atoms with van der Waals surface area (Å²) < 4.78 is 0. The molecular weight excluding hydrogens is 202 g/mol. The van der Waals surface area contributed by atoms with Crippen LogP contribution in [0.1, 0.15) is 46.5 Å². The summed E-state index contributed by atoms with van der Waals surface area (Å²) in [4.78, 5) is 0. The SMILES string of the molecule is CC(C)[C@@H]1CC[C@@](C)(C(N)CCO)C[C@H]1O. The molecule has 0 aromatic carbocycles. The lowest BCUT2D eigenvalue weighted by Gasteiger charge is -2.45. The zero-order valence-corrected chi connectivity index (χ0v) is 10.8. The highest BCUT2D eigenvalue weighted by atomic mass is 16.3. The first-order valence-corrected chi connectivity index (χ1v) is 6.45. The van der Waals surface area contributed by atoms with Crippen LogP contribution in [0.5, 0.6) is 0 Å². The molecule has 0 aromatic heterocycles. The Hall–Kier alpha value is -0.120. The van der Waals surface area contributed by atoms with Crippen molar-refractivity contribution in [2.24, 2.45) is 23.0 Å². The first-order chi connectivity index (χ1) is 7.40. The van der Waals surface area contributed by atoms with Crippen molar-refractivity contribution in [3.8, 4) is 0 Å². The van der Waals surface area contributed by atoms with Crippen molar-refractivity contribution in [3.05, 3.63) is 0 Å². The molecule has 1 rings (SSSR count). The number of aliphatic hydroxyl groups is 2. The fourth-order valence-electron chi connectivity index (χ4n) is 3.02. The maximum Gasteiger partial charge on any atom is 0.0576 e. The fourth-order valence-corrected chi connectivity index (χ4v) is 3.02. The van der Waals surface area contributed by atoms with Gasteiger partial charge >= 0.3 is 0 Å². The third kappa shape index (κ3) is 2.96. The minimum absolute atomic E-state index is 0.000243. The van der Waals surface area contributed by atoms with Gasteiger partial charge in [-0.1, -0.05) is 20.8 Å². The molecule has 0 spiro atoms. The van der Waals surface area contributed by atoms with Crippen LogP contribution in [-0.4, -0.2) is 29.0 Å². The topological polar surface area (TPSA) is 66.5 Å². The molecule has 1 aliphatic rings. The lowest BCUT2D eigenvalue weighted by molar-refractivity contribution is -0.0223. The molecule has 4 atom stereocenters. The largest absolute Gasteiger partial charge is 0.396 e. The lowest BCUT2D eigenvalue weighted by atomic mass is 9.64. The van der Waals surface area contributed by atoms with Gasteiger partial charge in [-0.05, 0) is 42.9 Å². The van der Waals surface area contributed by atoms with Gasteiger partial charge in [-0.25, -0.2) is 0 Å². The first-order valence-electron chi connectivity index (χ1n) is 6.45. The molecule has 4 N–H and O–H groups in total. The van der Waals surface area contributed by atoms with Crippen molar-refractivity contribution in [2.45, 2.75) is 58.6 Å². The van der Waals surface area contributed by atoms with Gasteiger partial charge in [0, 0.05) is 12.6 Å². The summed E-state index contributed by atoms with van der Waals surface area (Å²) in [6.45, 7) is 6.63. The molecule has 0 amide bonds. The summed E-state index contributed by atoms with van der Waals surface area (Å²) in [7, 11) is 0. The molecule has 1 fully saturated rings. The molecular formula is C13H27NO2. The van der Waals surface area contributed by atoms with Crippen molar-refractivity contribution in [3.63, 3.8) is 0 Å². The Bertz CT molecular complexity index is 220. The van der Waals surface area contributed by atoms with Crippen LogP contribution in [0.15, 0.2) is 0 Å². The van der Waals surface area contributed by atoms with Crippen molar-refractivity contribution in [1.29, 1.82) is 0 Å². The number of rotatable bonds is 4. The Morgan fingerprint density at radius 1 is 1.44 bits per heavy atom. The Balaban J connectivity index is 2.61. The molecule has 0 saturated heterocycles. The van der Waals surface area contributed by atoms with Gasteiger partial charge in [-0.15, -0.1) is 0 Å². The van der Waals surface area contributed by atoms with Gasteiger partial charge < -0.3 is 15.9 Å². The van der Waals surface area contributed by atoms with Crippen molar-refractivity contribution in [1.82, 2.24) is 0 Å². The van der Waals surface area contributed by atoms with Gasteiger partial charge in [-0.2, -0.15) is 0 Å². The van der Waals surface area contributed by atoms with E-state index in [-0.39, 0.29) is 24.2 Å². The van der Waals surface area contributed by atoms with Crippen LogP contribution < -0.4 is 5.73 Å². The van der Waals surface area contributed by atoms with E-state index in [1.54, 1.807) is 0 Å². The van der Waals surface area contributed by atoms with Gasteiger partial charge in [-0.3, -0.25) is 0 Å². The van der Waals surface area contributed by atoms with Crippen LogP contribution in [0.4, 0.5) is 0 Å². The van der Waals surface area contributed by atoms with Gasteiger partial charge in [0.15, 0.2) is 0 Å². The minimum Gasteiger partial charge on any atom is -0.396 e. The van der Waals surface area contributed by atoms with E-state index >= 15 is 0 Å². The van der Waals surface area contributed by atoms with Crippen molar-refractivity contribution < 1.29 is 10.2 Å². The van der Waals surface area contributed by atoms with Gasteiger partial charge in [0.05, 0.1) is 6.10 Å². The average molecular weight is 229 g/mol.